The molecule has 2 aromatic heterocycles. The highest BCUT2D eigenvalue weighted by atomic mass is 32.2. The molecule has 0 aliphatic carbocycles. The van der Waals surface area contributed by atoms with Crippen LogP contribution >= 0.6 is 11.8 Å². The van der Waals surface area contributed by atoms with Gasteiger partial charge in [-0.25, -0.2) is 0 Å². The van der Waals surface area contributed by atoms with Gasteiger partial charge in [0.1, 0.15) is 11.5 Å². The Morgan fingerprint density at radius 3 is 2.72 bits per heavy atom. The number of rotatable bonds is 6. The molecule has 4 rings (SSSR count). The molecule has 3 heterocycles. The molecule has 1 unspecified atom stereocenters. The van der Waals surface area contributed by atoms with Gasteiger partial charge in [-0.15, -0.1) is 10.2 Å². The number of aromatic nitrogens is 3. The molecule has 0 spiro atoms. The number of amides is 1. The fraction of sp³-hybridized carbons (Fsp3) is 0.158. The third-order valence-corrected chi connectivity index (χ3v) is 5.19. The first-order valence-corrected chi connectivity index (χ1v) is 9.78. The maximum Gasteiger partial charge on any atom is 0.325 e. The molecule has 0 radical (unpaired) electrons. The highest BCUT2D eigenvalue weighted by Gasteiger charge is 2.20. The minimum atomic E-state index is -1.11. The van der Waals surface area contributed by atoms with E-state index in [1.807, 2.05) is 35.9 Å². The molecule has 0 saturated carbocycles. The maximum atomic E-state index is 12.5. The van der Waals surface area contributed by atoms with E-state index in [9.17, 15) is 9.59 Å². The predicted molar refractivity (Wildman–Crippen MR) is 110 cm³/mol. The van der Waals surface area contributed by atoms with Gasteiger partial charge in [-0.3, -0.25) is 14.0 Å². The van der Waals surface area contributed by atoms with Crippen LogP contribution in [0.4, 0.5) is 5.69 Å². The third kappa shape index (κ3) is 3.87. The van der Waals surface area contributed by atoms with Crippen molar-refractivity contribution in [2.24, 2.45) is 0 Å². The lowest BCUT2D eigenvalue weighted by Gasteiger charge is -2.14. The summed E-state index contributed by atoms with van der Waals surface area (Å²) in [5.41, 5.74) is 2.51. The Balaban J connectivity index is 1.59. The number of carboxylic acid groups (broad SMARTS) is 1. The van der Waals surface area contributed by atoms with E-state index in [-0.39, 0.29) is 11.1 Å². The van der Waals surface area contributed by atoms with Crippen LogP contribution in [0.15, 0.2) is 54.2 Å². The van der Waals surface area contributed by atoms with E-state index in [2.05, 4.69) is 26.1 Å². The van der Waals surface area contributed by atoms with Gasteiger partial charge in [0.2, 0.25) is 0 Å². The average molecular weight is 410 g/mol. The molecule has 2 atom stereocenters. The van der Waals surface area contributed by atoms with Crippen LogP contribution in [0.25, 0.3) is 17.0 Å². The Morgan fingerprint density at radius 2 is 2.03 bits per heavy atom. The topological polar surface area (TPSA) is 121 Å². The van der Waals surface area contributed by atoms with Crippen molar-refractivity contribution in [3.05, 3.63) is 59.8 Å². The van der Waals surface area contributed by atoms with Crippen LogP contribution in [0.3, 0.4) is 0 Å². The van der Waals surface area contributed by atoms with Crippen LogP contribution in [0, 0.1) is 0 Å². The summed E-state index contributed by atoms with van der Waals surface area (Å²) in [5, 5.41) is 28.3. The van der Waals surface area contributed by atoms with E-state index >= 15 is 0 Å². The van der Waals surface area contributed by atoms with Crippen LogP contribution in [0.5, 0.6) is 0 Å². The molecule has 1 aromatic carbocycles. The molecule has 1 amide bonds. The van der Waals surface area contributed by atoms with Crippen LogP contribution in [0.2, 0.25) is 0 Å². The second-order valence-corrected chi connectivity index (χ2v) is 7.40. The van der Waals surface area contributed by atoms with Gasteiger partial charge >= 0.3 is 5.97 Å². The van der Waals surface area contributed by atoms with Crippen molar-refractivity contribution in [3.63, 3.8) is 0 Å². The SMILES string of the molecule is C[C@@H](NC(=O)c1cccn2c(-c3ccc(NC4NC=CS4)cc3)nnc12)C(=O)O. The minimum absolute atomic E-state index is 0.101. The fourth-order valence-corrected chi connectivity index (χ4v) is 3.53. The van der Waals surface area contributed by atoms with Gasteiger partial charge < -0.3 is 21.1 Å². The molecule has 0 fully saturated rings. The summed E-state index contributed by atoms with van der Waals surface area (Å²) in [6.45, 7) is 1.40. The minimum Gasteiger partial charge on any atom is -0.480 e. The van der Waals surface area contributed by atoms with E-state index in [1.54, 1.807) is 34.5 Å². The zero-order valence-corrected chi connectivity index (χ0v) is 16.2. The van der Waals surface area contributed by atoms with E-state index in [0.29, 0.717) is 11.5 Å². The normalized spacial score (nSPS) is 16.4. The molecule has 148 valence electrons. The number of thioether (sulfide) groups is 1. The van der Waals surface area contributed by atoms with E-state index < -0.39 is 17.9 Å². The second-order valence-electron chi connectivity index (χ2n) is 6.38. The molecule has 1 aliphatic rings. The van der Waals surface area contributed by atoms with Gasteiger partial charge in [0.25, 0.3) is 5.91 Å². The Bertz CT molecular complexity index is 1090. The first-order chi connectivity index (χ1) is 14.0. The molecule has 0 bridgehead atoms. The molecule has 9 nitrogen and oxygen atoms in total. The van der Waals surface area contributed by atoms with Gasteiger partial charge in [0.05, 0.1) is 5.56 Å². The predicted octanol–water partition coefficient (Wildman–Crippen LogP) is 2.10. The molecule has 29 heavy (non-hydrogen) atoms. The van der Waals surface area contributed by atoms with Gasteiger partial charge in [0.15, 0.2) is 11.5 Å². The van der Waals surface area contributed by atoms with Crippen molar-refractivity contribution in [2.45, 2.75) is 18.5 Å². The zero-order chi connectivity index (χ0) is 20.4. The first-order valence-electron chi connectivity index (χ1n) is 8.84. The zero-order valence-electron chi connectivity index (χ0n) is 15.4. The van der Waals surface area contributed by atoms with Crippen LogP contribution in [-0.2, 0) is 4.79 Å². The smallest absolute Gasteiger partial charge is 0.325 e. The van der Waals surface area contributed by atoms with Gasteiger partial charge in [-0.2, -0.15) is 0 Å². The molecule has 0 saturated heterocycles. The number of carboxylic acids is 1. The number of hydrogen-bond donors (Lipinski definition) is 4. The van der Waals surface area contributed by atoms with Gasteiger partial charge in [0, 0.05) is 23.6 Å². The lowest BCUT2D eigenvalue weighted by atomic mass is 10.2. The summed E-state index contributed by atoms with van der Waals surface area (Å²) in [5.74, 6) is -1.04. The highest BCUT2D eigenvalue weighted by Crippen LogP contribution is 2.24. The number of pyridine rings is 1. The highest BCUT2D eigenvalue weighted by molar-refractivity contribution is 8.03. The molecular formula is C19H18N6O3S. The number of aliphatic carboxylic acids is 1. The summed E-state index contributed by atoms with van der Waals surface area (Å²) >= 11 is 1.65. The first kappa shape index (κ1) is 18.8. The van der Waals surface area contributed by atoms with Crippen molar-refractivity contribution in [3.8, 4) is 11.4 Å². The molecular weight excluding hydrogens is 392 g/mol. The van der Waals surface area contributed by atoms with E-state index in [0.717, 1.165) is 11.3 Å². The van der Waals surface area contributed by atoms with E-state index in [4.69, 9.17) is 5.11 Å². The Kier molecular flexibility index (Phi) is 5.09. The standard InChI is InChI=1S/C19H18N6O3S/c1-11(18(27)28)21-17(26)14-3-2-9-25-15(23-24-16(14)25)12-4-6-13(7-5-12)22-19-20-8-10-29-19/h2-11,19-20,22H,1H3,(H,21,26)(H,27,28)/t11-,19?/m1/s1. The third-order valence-electron chi connectivity index (χ3n) is 4.37. The molecule has 4 N–H and O–H groups in total. The lowest BCUT2D eigenvalue weighted by Crippen LogP contribution is -2.38. The quantitative estimate of drug-likeness (QED) is 0.488. The summed E-state index contributed by atoms with van der Waals surface area (Å²) in [7, 11) is 0. The van der Waals surface area contributed by atoms with Crippen molar-refractivity contribution in [1.29, 1.82) is 0 Å². The number of carbonyl (C=O) groups is 2. The lowest BCUT2D eigenvalue weighted by molar-refractivity contribution is -0.138. The summed E-state index contributed by atoms with van der Waals surface area (Å²) < 4.78 is 1.71. The fourth-order valence-electron chi connectivity index (χ4n) is 2.85. The number of fused-ring (bicyclic) bond motifs is 1. The van der Waals surface area contributed by atoms with E-state index in [1.165, 1.54) is 6.92 Å². The van der Waals surface area contributed by atoms with Crippen molar-refractivity contribution in [2.75, 3.05) is 5.32 Å². The number of carbonyl (C=O) groups excluding carboxylic acids is 1. The number of nitrogens with one attached hydrogen (secondary N) is 3. The number of nitrogens with zero attached hydrogens (tertiary/aromatic N) is 3. The largest absolute Gasteiger partial charge is 0.480 e. The maximum absolute atomic E-state index is 12.5. The number of benzene rings is 1. The van der Waals surface area contributed by atoms with Gasteiger partial charge in [-0.1, -0.05) is 11.8 Å². The second kappa shape index (κ2) is 7.84. The van der Waals surface area contributed by atoms with Crippen molar-refractivity contribution < 1.29 is 14.7 Å². The molecule has 3 aromatic rings. The summed E-state index contributed by atoms with van der Waals surface area (Å²) in [6.07, 6.45) is 3.66. The summed E-state index contributed by atoms with van der Waals surface area (Å²) in [6, 6.07) is 10.0. The number of hydrogen-bond acceptors (Lipinski definition) is 7. The molecule has 1 aliphatic heterocycles. The van der Waals surface area contributed by atoms with Crippen LogP contribution in [0.1, 0.15) is 17.3 Å². The summed E-state index contributed by atoms with van der Waals surface area (Å²) in [4.78, 5) is 23.4. The Hall–Kier alpha value is -3.53. The van der Waals surface area contributed by atoms with Gasteiger partial charge in [-0.05, 0) is 48.7 Å². The monoisotopic (exact) mass is 410 g/mol. The van der Waals surface area contributed by atoms with Crippen molar-refractivity contribution >= 4 is 35.0 Å². The Labute approximate surface area is 170 Å². The molecule has 10 heteroatoms. The average Bonchev–Trinajstić information content (AvgIpc) is 3.38. The van der Waals surface area contributed by atoms with Crippen LogP contribution < -0.4 is 16.0 Å². The van der Waals surface area contributed by atoms with Crippen LogP contribution in [-0.4, -0.2) is 43.1 Å². The Morgan fingerprint density at radius 1 is 1.24 bits per heavy atom. The number of anilines is 1. The van der Waals surface area contributed by atoms with Crippen molar-refractivity contribution in [1.82, 2.24) is 25.2 Å².